The van der Waals surface area contributed by atoms with Crippen LogP contribution < -0.4 is 5.32 Å². The first kappa shape index (κ1) is 25.6. The number of benzene rings is 1. The topological polar surface area (TPSA) is 76.9 Å². The molecule has 0 aliphatic heterocycles. The molecule has 190 valence electrons. The molecule has 1 aliphatic rings. The van der Waals surface area contributed by atoms with E-state index >= 15 is 0 Å². The number of carbonyl (C=O) groups excluding carboxylic acids is 2. The largest absolute Gasteiger partial charge is 0.416 e. The quantitative estimate of drug-likeness (QED) is 0.482. The van der Waals surface area contributed by atoms with Gasteiger partial charge in [0, 0.05) is 19.2 Å². The highest BCUT2D eigenvalue weighted by Crippen LogP contribution is 2.37. The second kappa shape index (κ2) is 9.52. The van der Waals surface area contributed by atoms with Crippen molar-refractivity contribution in [2.24, 2.45) is 11.3 Å². The zero-order valence-corrected chi connectivity index (χ0v) is 20.7. The van der Waals surface area contributed by atoms with Crippen molar-refractivity contribution in [1.29, 1.82) is 0 Å². The van der Waals surface area contributed by atoms with Gasteiger partial charge in [0.05, 0.1) is 28.1 Å². The van der Waals surface area contributed by atoms with E-state index in [0.717, 1.165) is 23.5 Å². The maximum atomic E-state index is 13.0. The molecular weight excluding hydrogens is 469 g/mol. The fourth-order valence-corrected chi connectivity index (χ4v) is 4.53. The highest BCUT2D eigenvalue weighted by Gasteiger charge is 2.37. The average molecular weight is 499 g/mol. The van der Waals surface area contributed by atoms with Crippen LogP contribution in [0.4, 0.5) is 13.2 Å². The maximum Gasteiger partial charge on any atom is 0.416 e. The van der Waals surface area contributed by atoms with Crippen LogP contribution in [0.1, 0.15) is 77.3 Å². The monoisotopic (exact) mass is 498 g/mol. The van der Waals surface area contributed by atoms with Gasteiger partial charge in [0.15, 0.2) is 11.6 Å². The molecule has 0 saturated carbocycles. The van der Waals surface area contributed by atoms with E-state index in [1.165, 1.54) is 18.3 Å². The summed E-state index contributed by atoms with van der Waals surface area (Å²) in [6, 6.07) is 8.09. The summed E-state index contributed by atoms with van der Waals surface area (Å²) in [5.41, 5.74) is 1.95. The van der Waals surface area contributed by atoms with Crippen molar-refractivity contribution < 1.29 is 22.8 Å². The van der Waals surface area contributed by atoms with E-state index in [1.807, 2.05) is 0 Å². The first-order chi connectivity index (χ1) is 16.8. The van der Waals surface area contributed by atoms with Gasteiger partial charge >= 0.3 is 6.18 Å². The lowest BCUT2D eigenvalue weighted by molar-refractivity contribution is -0.137. The number of amides is 1. The minimum absolute atomic E-state index is 0.0487. The van der Waals surface area contributed by atoms with Crippen molar-refractivity contribution in [3.05, 3.63) is 76.2 Å². The van der Waals surface area contributed by atoms with Crippen molar-refractivity contribution in [2.75, 3.05) is 0 Å². The number of pyridine rings is 1. The van der Waals surface area contributed by atoms with Gasteiger partial charge in [-0.15, -0.1) is 0 Å². The summed E-state index contributed by atoms with van der Waals surface area (Å²) in [5.74, 6) is 0.469. The van der Waals surface area contributed by atoms with Gasteiger partial charge < -0.3 is 5.32 Å². The molecule has 0 spiro atoms. The molecule has 0 radical (unpaired) electrons. The van der Waals surface area contributed by atoms with E-state index in [9.17, 15) is 22.8 Å². The lowest BCUT2D eigenvalue weighted by Crippen LogP contribution is -2.28. The summed E-state index contributed by atoms with van der Waals surface area (Å²) >= 11 is 0. The first-order valence-electron chi connectivity index (χ1n) is 11.9. The van der Waals surface area contributed by atoms with Crippen molar-refractivity contribution in [3.8, 4) is 5.82 Å². The van der Waals surface area contributed by atoms with E-state index in [-0.39, 0.29) is 23.3 Å². The van der Waals surface area contributed by atoms with Gasteiger partial charge in [-0.3, -0.25) is 9.59 Å². The van der Waals surface area contributed by atoms with Gasteiger partial charge in [0.25, 0.3) is 5.91 Å². The van der Waals surface area contributed by atoms with Crippen molar-refractivity contribution in [2.45, 2.75) is 59.7 Å². The summed E-state index contributed by atoms with van der Waals surface area (Å²) in [6.07, 6.45) is -1.21. The van der Waals surface area contributed by atoms with Crippen molar-refractivity contribution in [3.63, 3.8) is 0 Å². The standard InChI is InChI=1S/C27H29F3N4O2/c1-16(2)10-20-24-21(12-26(3,4)13-22(24)35)34(33-20)23-9-8-18(15-31-23)25(36)32-14-17-6-5-7-19(11-17)27(28,29)30/h5-9,11,15-16H,10,12-14H2,1-4H3,(H,32,36). The zero-order valence-electron chi connectivity index (χ0n) is 20.7. The zero-order chi connectivity index (χ0) is 26.3. The molecule has 9 heteroatoms. The van der Waals surface area contributed by atoms with Crippen LogP contribution in [0.5, 0.6) is 0 Å². The lowest BCUT2D eigenvalue weighted by Gasteiger charge is -2.29. The number of halogens is 3. The number of hydrogen-bond acceptors (Lipinski definition) is 4. The number of carbonyl (C=O) groups is 2. The Morgan fingerprint density at radius 1 is 1.17 bits per heavy atom. The molecule has 0 bridgehead atoms. The summed E-state index contributed by atoms with van der Waals surface area (Å²) in [6.45, 7) is 8.21. The maximum absolute atomic E-state index is 13.0. The van der Waals surface area contributed by atoms with Crippen LogP contribution in [0.15, 0.2) is 42.6 Å². The number of rotatable bonds is 6. The average Bonchev–Trinajstić information content (AvgIpc) is 3.13. The van der Waals surface area contributed by atoms with Crippen molar-refractivity contribution in [1.82, 2.24) is 20.1 Å². The molecule has 3 aromatic rings. The molecule has 1 N–H and O–H groups in total. The molecule has 0 saturated heterocycles. The number of nitrogens with zero attached hydrogens (tertiary/aromatic N) is 3. The van der Waals surface area contributed by atoms with Crippen LogP contribution in [0.25, 0.3) is 5.82 Å². The van der Waals surface area contributed by atoms with E-state index in [0.29, 0.717) is 42.1 Å². The highest BCUT2D eigenvalue weighted by atomic mass is 19.4. The minimum Gasteiger partial charge on any atom is -0.348 e. The Morgan fingerprint density at radius 3 is 2.56 bits per heavy atom. The number of Topliss-reactive ketones (excluding diaryl/α,β-unsaturated/α-hetero) is 1. The van der Waals surface area contributed by atoms with Gasteiger partial charge in [-0.2, -0.15) is 18.3 Å². The van der Waals surface area contributed by atoms with Gasteiger partial charge in [-0.1, -0.05) is 39.8 Å². The molecule has 2 heterocycles. The molecule has 36 heavy (non-hydrogen) atoms. The number of nitrogens with one attached hydrogen (secondary N) is 1. The molecule has 2 aromatic heterocycles. The predicted octanol–water partition coefficient (Wildman–Crippen LogP) is 5.57. The molecule has 4 rings (SSSR count). The van der Waals surface area contributed by atoms with Crippen LogP contribution in [0.3, 0.4) is 0 Å². The smallest absolute Gasteiger partial charge is 0.348 e. The Balaban J connectivity index is 1.55. The number of aromatic nitrogens is 3. The van der Waals surface area contributed by atoms with Crippen LogP contribution in [-0.2, 0) is 25.6 Å². The summed E-state index contributed by atoms with van der Waals surface area (Å²) in [5, 5.41) is 7.37. The summed E-state index contributed by atoms with van der Waals surface area (Å²) in [7, 11) is 0. The Bertz CT molecular complexity index is 1290. The molecular formula is C27H29F3N4O2. The molecule has 1 aliphatic carbocycles. The van der Waals surface area contributed by atoms with E-state index in [4.69, 9.17) is 5.10 Å². The third-order valence-electron chi connectivity index (χ3n) is 6.15. The Kier molecular flexibility index (Phi) is 6.77. The Hall–Kier alpha value is -3.49. The second-order valence-corrected chi connectivity index (χ2v) is 10.5. The molecule has 0 unspecified atom stereocenters. The van der Waals surface area contributed by atoms with E-state index in [1.54, 1.807) is 16.8 Å². The summed E-state index contributed by atoms with van der Waals surface area (Å²) < 4.78 is 40.5. The van der Waals surface area contributed by atoms with Crippen LogP contribution in [0.2, 0.25) is 0 Å². The van der Waals surface area contributed by atoms with Gasteiger partial charge in [0.2, 0.25) is 0 Å². The normalized spacial score (nSPS) is 15.2. The van der Waals surface area contributed by atoms with Gasteiger partial charge in [0.1, 0.15) is 0 Å². The van der Waals surface area contributed by atoms with Crippen LogP contribution in [-0.4, -0.2) is 26.5 Å². The SMILES string of the molecule is CC(C)Cc1nn(-c2ccc(C(=O)NCc3cccc(C(F)(F)F)c3)cn2)c2c1C(=O)CC(C)(C)C2. The predicted molar refractivity (Wildman–Crippen MR) is 129 cm³/mol. The number of hydrogen-bond donors (Lipinski definition) is 1. The van der Waals surface area contributed by atoms with Crippen LogP contribution in [0, 0.1) is 11.3 Å². The molecule has 1 aromatic carbocycles. The summed E-state index contributed by atoms with van der Waals surface area (Å²) in [4.78, 5) is 30.0. The third-order valence-corrected chi connectivity index (χ3v) is 6.15. The first-order valence-corrected chi connectivity index (χ1v) is 11.9. The molecule has 6 nitrogen and oxygen atoms in total. The Morgan fingerprint density at radius 2 is 1.92 bits per heavy atom. The molecule has 0 atom stereocenters. The fourth-order valence-electron chi connectivity index (χ4n) is 4.53. The minimum atomic E-state index is -4.44. The van der Waals surface area contributed by atoms with Crippen molar-refractivity contribution >= 4 is 11.7 Å². The molecule has 1 amide bonds. The molecule has 0 fully saturated rings. The Labute approximate surface area is 207 Å². The van der Waals surface area contributed by atoms with E-state index in [2.05, 4.69) is 38.0 Å². The fraction of sp³-hybridized carbons (Fsp3) is 0.407. The second-order valence-electron chi connectivity index (χ2n) is 10.5. The highest BCUT2D eigenvalue weighted by molar-refractivity contribution is 6.00. The van der Waals surface area contributed by atoms with E-state index < -0.39 is 17.6 Å². The number of alkyl halides is 3. The third kappa shape index (κ3) is 5.50. The number of ketones is 1. The number of fused-ring (bicyclic) bond motifs is 1. The lowest BCUT2D eigenvalue weighted by atomic mass is 9.75. The van der Waals surface area contributed by atoms with Gasteiger partial charge in [-0.25, -0.2) is 9.67 Å². The van der Waals surface area contributed by atoms with Crippen LogP contribution >= 0.6 is 0 Å². The van der Waals surface area contributed by atoms with Gasteiger partial charge in [-0.05, 0) is 54.0 Å².